The highest BCUT2D eigenvalue weighted by Crippen LogP contribution is 2.58. The number of rotatable bonds is 3. The van der Waals surface area contributed by atoms with Crippen LogP contribution in [0.2, 0.25) is 20.1 Å². The standard InChI is InChI=1S/C24H19Cl4F2N3O2.CHFO.CH4O/c25-11-3-12(26)5-15(4-11)33(14-1-2-14)21(34)16-8-24(32-10-23(29,30)9-19(16)32)17-6-13(27)7-18(28)20(17)31-22(24)35;2-1-3;1-2/h3-7,14,16,19H,1-2,8-10H2,(H,31,35);1H;2H,1H3. The highest BCUT2D eigenvalue weighted by atomic mass is 35.5. The summed E-state index contributed by atoms with van der Waals surface area (Å²) in [5.41, 5.74) is -0.157. The van der Waals surface area contributed by atoms with Gasteiger partial charge in [0.15, 0.2) is 0 Å². The van der Waals surface area contributed by atoms with Crippen LogP contribution in [0, 0.1) is 5.92 Å². The number of fused-ring (bicyclic) bond motifs is 4. The Hall–Kier alpha value is -2.08. The fraction of sp³-hybridized carbons (Fsp3) is 0.423. The van der Waals surface area contributed by atoms with E-state index in [2.05, 4.69) is 5.32 Å². The van der Waals surface area contributed by atoms with Crippen molar-refractivity contribution in [2.75, 3.05) is 23.9 Å². The zero-order chi connectivity index (χ0) is 29.6. The molecule has 2 aromatic rings. The van der Waals surface area contributed by atoms with Crippen LogP contribution < -0.4 is 10.2 Å². The lowest BCUT2D eigenvalue weighted by Crippen LogP contribution is -2.48. The zero-order valence-electron chi connectivity index (χ0n) is 20.9. The smallest absolute Gasteiger partial charge is 0.289 e. The van der Waals surface area contributed by atoms with Crippen molar-refractivity contribution in [1.29, 1.82) is 0 Å². The number of hydrogen-bond acceptors (Lipinski definition) is 5. The van der Waals surface area contributed by atoms with Crippen LogP contribution in [0.25, 0.3) is 0 Å². The van der Waals surface area contributed by atoms with E-state index in [4.69, 9.17) is 56.3 Å². The van der Waals surface area contributed by atoms with Gasteiger partial charge in [0.1, 0.15) is 5.54 Å². The molecule has 0 radical (unpaired) electrons. The monoisotopic (exact) mass is 639 g/mol. The summed E-state index contributed by atoms with van der Waals surface area (Å²) in [5, 5.41) is 11.0. The molecule has 1 aliphatic carbocycles. The number of aliphatic hydroxyl groups is 1. The summed E-state index contributed by atoms with van der Waals surface area (Å²) in [6, 6.07) is 7.03. The minimum Gasteiger partial charge on any atom is -0.400 e. The topological polar surface area (TPSA) is 89.9 Å². The largest absolute Gasteiger partial charge is 0.400 e. The first-order valence-corrected chi connectivity index (χ1v) is 13.7. The first kappa shape index (κ1) is 30.9. The van der Waals surface area contributed by atoms with E-state index in [0.29, 0.717) is 27.0 Å². The molecular formula is C26H24Cl4F3N3O4. The lowest BCUT2D eigenvalue weighted by molar-refractivity contribution is -0.127. The van der Waals surface area contributed by atoms with Gasteiger partial charge in [-0.2, -0.15) is 4.39 Å². The van der Waals surface area contributed by atoms with Crippen LogP contribution in [0.3, 0.4) is 0 Å². The Balaban J connectivity index is 0.000000695. The summed E-state index contributed by atoms with van der Waals surface area (Å²) < 4.78 is 39.2. The van der Waals surface area contributed by atoms with Gasteiger partial charge in [-0.05, 0) is 49.6 Å². The first-order valence-electron chi connectivity index (χ1n) is 12.1. The fourth-order valence-electron chi connectivity index (χ4n) is 6.01. The van der Waals surface area contributed by atoms with Crippen LogP contribution in [0.5, 0.6) is 0 Å². The zero-order valence-corrected chi connectivity index (χ0v) is 24.0. The van der Waals surface area contributed by atoms with Crippen LogP contribution in [-0.4, -0.2) is 60.0 Å². The summed E-state index contributed by atoms with van der Waals surface area (Å²) in [5.74, 6) is -4.69. The molecular weight excluding hydrogens is 617 g/mol. The minimum atomic E-state index is -3.05. The van der Waals surface area contributed by atoms with Crippen LogP contribution in [-0.2, 0) is 19.9 Å². The Morgan fingerprint density at radius 2 is 1.62 bits per heavy atom. The van der Waals surface area contributed by atoms with Crippen molar-refractivity contribution in [3.63, 3.8) is 0 Å². The number of benzene rings is 2. The summed E-state index contributed by atoms with van der Waals surface area (Å²) in [7, 11) is 1.00. The molecule has 7 nitrogen and oxygen atoms in total. The molecule has 3 aliphatic heterocycles. The van der Waals surface area contributed by atoms with E-state index in [1.807, 2.05) is 0 Å². The van der Waals surface area contributed by atoms with Gasteiger partial charge in [-0.15, -0.1) is 0 Å². The van der Waals surface area contributed by atoms with Crippen molar-refractivity contribution in [2.24, 2.45) is 5.92 Å². The number of halogens is 7. The fourth-order valence-corrected chi connectivity index (χ4v) is 7.06. The number of nitrogens with zero attached hydrogens (tertiary/aromatic N) is 2. The number of carbonyl (C=O) groups excluding carboxylic acids is 3. The number of anilines is 2. The summed E-state index contributed by atoms with van der Waals surface area (Å²) >= 11 is 25.0. The normalized spacial score (nSPS) is 25.7. The number of amides is 2. The molecule has 3 fully saturated rings. The van der Waals surface area contributed by atoms with Crippen molar-refractivity contribution in [2.45, 2.75) is 49.2 Å². The van der Waals surface area contributed by atoms with Gasteiger partial charge in [-0.1, -0.05) is 46.4 Å². The van der Waals surface area contributed by atoms with E-state index in [1.165, 1.54) is 11.0 Å². The molecule has 2 amide bonds. The van der Waals surface area contributed by atoms with Crippen molar-refractivity contribution < 1.29 is 32.7 Å². The maximum Gasteiger partial charge on any atom is 0.289 e. The Morgan fingerprint density at radius 1 is 1.05 bits per heavy atom. The summed E-state index contributed by atoms with van der Waals surface area (Å²) in [6.45, 7) is -1.38. The van der Waals surface area contributed by atoms with Crippen LogP contribution >= 0.6 is 46.4 Å². The minimum absolute atomic E-state index is 0.0413. The SMILES string of the molecule is CO.O=C(C1CC2(C(=O)Nc3c(Cl)cc(Cl)cc32)N2CC(F)(F)CC12)N(c1cc(Cl)cc(Cl)c1)C1CC1.O=CF. The molecule has 1 saturated carbocycles. The first-order chi connectivity index (χ1) is 18.9. The van der Waals surface area contributed by atoms with Gasteiger partial charge < -0.3 is 15.3 Å². The second-order valence-electron chi connectivity index (χ2n) is 9.85. The number of hydrogen-bond donors (Lipinski definition) is 2. The lowest BCUT2D eigenvalue weighted by Gasteiger charge is -2.32. The van der Waals surface area contributed by atoms with E-state index in [0.717, 1.165) is 20.0 Å². The molecule has 2 aromatic carbocycles. The van der Waals surface area contributed by atoms with Gasteiger partial charge in [0.2, 0.25) is 11.8 Å². The second kappa shape index (κ2) is 11.7. The molecule has 3 heterocycles. The Labute approximate surface area is 248 Å². The highest BCUT2D eigenvalue weighted by molar-refractivity contribution is 6.38. The summed E-state index contributed by atoms with van der Waals surface area (Å²) in [6.07, 6.45) is 1.09. The molecule has 1 spiro atoms. The van der Waals surface area contributed by atoms with E-state index in [9.17, 15) is 22.8 Å². The van der Waals surface area contributed by atoms with Crippen molar-refractivity contribution in [3.05, 3.63) is 56.0 Å². The average Bonchev–Trinajstić information content (AvgIpc) is 3.50. The Kier molecular flexibility index (Phi) is 9.00. The predicted molar refractivity (Wildman–Crippen MR) is 148 cm³/mol. The number of carbonyl (C=O) groups is 3. The molecule has 14 heteroatoms. The van der Waals surface area contributed by atoms with Crippen molar-refractivity contribution in [3.8, 4) is 0 Å². The predicted octanol–water partition coefficient (Wildman–Crippen LogP) is 6.13. The molecule has 40 heavy (non-hydrogen) atoms. The van der Waals surface area contributed by atoms with Crippen LogP contribution in [0.1, 0.15) is 31.2 Å². The number of alkyl halides is 2. The third-order valence-electron chi connectivity index (χ3n) is 7.49. The third kappa shape index (κ3) is 5.42. The molecule has 2 saturated heterocycles. The van der Waals surface area contributed by atoms with E-state index < -0.39 is 48.8 Å². The number of aliphatic hydroxyl groups excluding tert-OH is 1. The van der Waals surface area contributed by atoms with Gasteiger partial charge in [0.05, 0.1) is 23.2 Å². The quantitative estimate of drug-likeness (QED) is 0.311. The summed E-state index contributed by atoms with van der Waals surface area (Å²) in [4.78, 5) is 38.8. The Morgan fingerprint density at radius 3 is 2.20 bits per heavy atom. The number of nitrogens with one attached hydrogen (secondary N) is 1. The second-order valence-corrected chi connectivity index (χ2v) is 11.6. The molecule has 6 rings (SSSR count). The maximum atomic E-state index is 14.8. The van der Waals surface area contributed by atoms with Crippen LogP contribution in [0.15, 0.2) is 30.3 Å². The van der Waals surface area contributed by atoms with Crippen molar-refractivity contribution in [1.82, 2.24) is 4.90 Å². The van der Waals surface area contributed by atoms with Crippen LogP contribution in [0.4, 0.5) is 24.5 Å². The molecule has 0 aromatic heterocycles. The molecule has 4 aliphatic rings. The molecule has 2 N–H and O–H groups in total. The third-order valence-corrected chi connectivity index (χ3v) is 8.44. The van der Waals surface area contributed by atoms with Gasteiger partial charge in [0.25, 0.3) is 12.5 Å². The van der Waals surface area contributed by atoms with Gasteiger partial charge >= 0.3 is 0 Å². The van der Waals surface area contributed by atoms with E-state index in [1.54, 1.807) is 29.2 Å². The molecule has 3 atom stereocenters. The lowest BCUT2D eigenvalue weighted by atomic mass is 9.83. The molecule has 0 bridgehead atoms. The average molecular weight is 641 g/mol. The molecule has 216 valence electrons. The van der Waals surface area contributed by atoms with E-state index in [-0.39, 0.29) is 28.4 Å². The van der Waals surface area contributed by atoms with Gasteiger partial charge in [0, 0.05) is 51.9 Å². The maximum absolute atomic E-state index is 14.8. The van der Waals surface area contributed by atoms with E-state index >= 15 is 0 Å². The Bertz CT molecular complexity index is 1330. The van der Waals surface area contributed by atoms with Gasteiger partial charge in [-0.25, -0.2) is 8.78 Å². The van der Waals surface area contributed by atoms with Gasteiger partial charge in [-0.3, -0.25) is 19.3 Å². The molecule has 3 unspecified atom stereocenters. The van der Waals surface area contributed by atoms with Crippen molar-refractivity contribution >= 4 is 76.1 Å². The highest BCUT2D eigenvalue weighted by Gasteiger charge is 2.68.